The molecule has 0 saturated carbocycles. The van der Waals surface area contributed by atoms with Gasteiger partial charge in [0, 0.05) is 5.92 Å². The van der Waals surface area contributed by atoms with Gasteiger partial charge in [0.05, 0.1) is 6.10 Å². The fourth-order valence-electron chi connectivity index (χ4n) is 3.85. The Morgan fingerprint density at radius 1 is 0.864 bits per heavy atom. The lowest BCUT2D eigenvalue weighted by molar-refractivity contribution is 0.199. The van der Waals surface area contributed by atoms with E-state index in [1.165, 1.54) is 33.2 Å². The average Bonchev–Trinajstić information content (AvgIpc) is 2.70. The molecule has 0 fully saturated rings. The SMILES string of the molecule is CC1=C(C)C(c2ccc3ccccc3c2C(C)O)C(C)=C1C. The summed E-state index contributed by atoms with van der Waals surface area (Å²) in [6, 6.07) is 12.7. The summed E-state index contributed by atoms with van der Waals surface area (Å²) in [4.78, 5) is 0. The summed E-state index contributed by atoms with van der Waals surface area (Å²) in [6.45, 7) is 10.7. The molecule has 0 bridgehead atoms. The van der Waals surface area contributed by atoms with Crippen molar-refractivity contribution in [2.75, 3.05) is 0 Å². The molecule has 1 heteroatoms. The monoisotopic (exact) mass is 292 g/mol. The highest BCUT2D eigenvalue weighted by Gasteiger charge is 2.29. The van der Waals surface area contributed by atoms with E-state index >= 15 is 0 Å². The maximum absolute atomic E-state index is 10.4. The smallest absolute Gasteiger partial charge is 0.0770 e. The minimum Gasteiger partial charge on any atom is -0.389 e. The second-order valence-electron chi connectivity index (χ2n) is 6.51. The molecular formula is C21H24O. The van der Waals surface area contributed by atoms with Crippen LogP contribution in [0, 0.1) is 0 Å². The molecule has 1 atom stereocenters. The van der Waals surface area contributed by atoms with Crippen LogP contribution in [0.15, 0.2) is 58.7 Å². The molecule has 0 aromatic heterocycles. The van der Waals surface area contributed by atoms with Crippen LogP contribution in [-0.4, -0.2) is 5.11 Å². The minimum absolute atomic E-state index is 0.300. The van der Waals surface area contributed by atoms with Gasteiger partial charge in [0.15, 0.2) is 0 Å². The standard InChI is InChI=1S/C21H24O/c1-12-13(2)15(4)20(14(12)3)19-11-10-17-8-6-7-9-18(17)21(19)16(5)22/h6-11,16,20,22H,1-5H3. The van der Waals surface area contributed by atoms with E-state index < -0.39 is 6.10 Å². The Kier molecular flexibility index (Phi) is 3.70. The maximum Gasteiger partial charge on any atom is 0.0770 e. The van der Waals surface area contributed by atoms with Crippen LogP contribution in [0.4, 0.5) is 0 Å². The van der Waals surface area contributed by atoms with Crippen molar-refractivity contribution in [3.05, 3.63) is 69.8 Å². The van der Waals surface area contributed by atoms with Crippen LogP contribution in [-0.2, 0) is 0 Å². The molecule has 1 aliphatic carbocycles. The van der Waals surface area contributed by atoms with Gasteiger partial charge in [-0.2, -0.15) is 0 Å². The quantitative estimate of drug-likeness (QED) is 0.757. The van der Waals surface area contributed by atoms with Crippen molar-refractivity contribution in [1.82, 2.24) is 0 Å². The van der Waals surface area contributed by atoms with Gasteiger partial charge in [0.1, 0.15) is 0 Å². The lowest BCUT2D eigenvalue weighted by Gasteiger charge is -2.23. The molecule has 0 aliphatic heterocycles. The third kappa shape index (κ3) is 2.12. The lowest BCUT2D eigenvalue weighted by Crippen LogP contribution is -2.07. The highest BCUT2D eigenvalue weighted by molar-refractivity contribution is 5.87. The molecule has 114 valence electrons. The van der Waals surface area contributed by atoms with Crippen molar-refractivity contribution in [2.45, 2.75) is 46.6 Å². The topological polar surface area (TPSA) is 20.2 Å². The summed E-state index contributed by atoms with van der Waals surface area (Å²) >= 11 is 0. The number of allylic oxidation sites excluding steroid dienone is 4. The first-order valence-corrected chi connectivity index (χ1v) is 7.98. The van der Waals surface area contributed by atoms with Gasteiger partial charge in [-0.1, -0.05) is 47.5 Å². The third-order valence-electron chi connectivity index (χ3n) is 5.34. The molecule has 0 radical (unpaired) electrons. The molecule has 2 aromatic carbocycles. The molecule has 22 heavy (non-hydrogen) atoms. The second kappa shape index (κ2) is 5.40. The Labute approximate surface area is 133 Å². The van der Waals surface area contributed by atoms with Gasteiger partial charge >= 0.3 is 0 Å². The van der Waals surface area contributed by atoms with Gasteiger partial charge in [-0.3, -0.25) is 0 Å². The Morgan fingerprint density at radius 3 is 2.05 bits per heavy atom. The third-order valence-corrected chi connectivity index (χ3v) is 5.34. The van der Waals surface area contributed by atoms with Crippen molar-refractivity contribution in [3.63, 3.8) is 0 Å². The molecule has 0 heterocycles. The fourth-order valence-corrected chi connectivity index (χ4v) is 3.85. The van der Waals surface area contributed by atoms with E-state index in [0.29, 0.717) is 5.92 Å². The largest absolute Gasteiger partial charge is 0.389 e. The van der Waals surface area contributed by atoms with E-state index in [0.717, 1.165) is 10.9 Å². The first-order chi connectivity index (χ1) is 10.4. The zero-order valence-corrected chi connectivity index (χ0v) is 14.1. The number of hydrogen-bond donors (Lipinski definition) is 1. The van der Waals surface area contributed by atoms with E-state index in [-0.39, 0.29) is 0 Å². The molecule has 1 aliphatic rings. The highest BCUT2D eigenvalue weighted by atomic mass is 16.3. The maximum atomic E-state index is 10.4. The normalized spacial score (nSPS) is 17.7. The van der Waals surface area contributed by atoms with Crippen LogP contribution >= 0.6 is 0 Å². The summed E-state index contributed by atoms with van der Waals surface area (Å²) in [5.41, 5.74) is 7.93. The molecule has 0 saturated heterocycles. The molecule has 1 unspecified atom stereocenters. The lowest BCUT2D eigenvalue weighted by atomic mass is 9.82. The number of hydrogen-bond acceptors (Lipinski definition) is 1. The molecule has 1 N–H and O–H groups in total. The summed E-state index contributed by atoms with van der Waals surface area (Å²) in [5, 5.41) is 12.8. The van der Waals surface area contributed by atoms with Crippen LogP contribution in [0.1, 0.15) is 57.8 Å². The summed E-state index contributed by atoms with van der Waals surface area (Å²) < 4.78 is 0. The van der Waals surface area contributed by atoms with E-state index in [9.17, 15) is 5.11 Å². The zero-order chi connectivity index (χ0) is 16.0. The van der Waals surface area contributed by atoms with Gasteiger partial charge in [0.25, 0.3) is 0 Å². The van der Waals surface area contributed by atoms with Crippen molar-refractivity contribution in [3.8, 4) is 0 Å². The number of aliphatic hydroxyl groups excluding tert-OH is 1. The Bertz CT molecular complexity index is 782. The first kappa shape index (κ1) is 15.1. The Hall–Kier alpha value is -1.86. The van der Waals surface area contributed by atoms with Crippen LogP contribution in [0.25, 0.3) is 10.8 Å². The molecule has 3 rings (SSSR count). The number of fused-ring (bicyclic) bond motifs is 1. The highest BCUT2D eigenvalue weighted by Crippen LogP contribution is 2.46. The van der Waals surface area contributed by atoms with Crippen molar-refractivity contribution < 1.29 is 5.11 Å². The summed E-state index contributed by atoms with van der Waals surface area (Å²) in [7, 11) is 0. The first-order valence-electron chi connectivity index (χ1n) is 7.98. The minimum atomic E-state index is -0.470. The molecule has 2 aromatic rings. The van der Waals surface area contributed by atoms with Crippen molar-refractivity contribution in [2.24, 2.45) is 0 Å². The summed E-state index contributed by atoms with van der Waals surface area (Å²) in [5.74, 6) is 0.300. The Balaban J connectivity index is 2.31. The summed E-state index contributed by atoms with van der Waals surface area (Å²) in [6.07, 6.45) is -0.470. The second-order valence-corrected chi connectivity index (χ2v) is 6.51. The number of aliphatic hydroxyl groups is 1. The van der Waals surface area contributed by atoms with Gasteiger partial charge in [0.2, 0.25) is 0 Å². The van der Waals surface area contributed by atoms with Crippen molar-refractivity contribution >= 4 is 10.8 Å². The molecule has 0 amide bonds. The fraction of sp³-hybridized carbons (Fsp3) is 0.333. The van der Waals surface area contributed by atoms with E-state index in [1.54, 1.807) is 0 Å². The van der Waals surface area contributed by atoms with Crippen molar-refractivity contribution in [1.29, 1.82) is 0 Å². The van der Waals surface area contributed by atoms with Gasteiger partial charge < -0.3 is 5.11 Å². The van der Waals surface area contributed by atoms with Gasteiger partial charge in [-0.15, -0.1) is 0 Å². The molecule has 1 nitrogen and oxygen atoms in total. The predicted octanol–water partition coefficient (Wildman–Crippen LogP) is 5.66. The zero-order valence-electron chi connectivity index (χ0n) is 14.1. The van der Waals surface area contributed by atoms with Crippen LogP contribution in [0.5, 0.6) is 0 Å². The number of rotatable bonds is 2. The number of benzene rings is 2. The Morgan fingerprint density at radius 2 is 1.45 bits per heavy atom. The average molecular weight is 292 g/mol. The molecule has 0 spiro atoms. The van der Waals surface area contributed by atoms with Gasteiger partial charge in [-0.25, -0.2) is 0 Å². The van der Waals surface area contributed by atoms with Crippen LogP contribution in [0.2, 0.25) is 0 Å². The van der Waals surface area contributed by atoms with E-state index in [1.807, 2.05) is 13.0 Å². The van der Waals surface area contributed by atoms with E-state index in [4.69, 9.17) is 0 Å². The predicted molar refractivity (Wildman–Crippen MR) is 94.1 cm³/mol. The van der Waals surface area contributed by atoms with E-state index in [2.05, 4.69) is 58.0 Å². The van der Waals surface area contributed by atoms with Crippen LogP contribution in [0.3, 0.4) is 0 Å². The van der Waals surface area contributed by atoms with Gasteiger partial charge in [-0.05, 0) is 67.7 Å². The molecular weight excluding hydrogens is 268 g/mol. The van der Waals surface area contributed by atoms with Crippen LogP contribution < -0.4 is 0 Å².